The minimum Gasteiger partial charge on any atom is -0.360 e. The molecular weight excluding hydrogens is 136 g/mol. The Morgan fingerprint density at radius 1 is 1.00 bits per heavy atom. The molecule has 2 heteroatoms. The van der Waals surface area contributed by atoms with E-state index in [1.165, 1.54) is 51.0 Å². The van der Waals surface area contributed by atoms with Gasteiger partial charge in [-0.3, -0.25) is 4.99 Å². The summed E-state index contributed by atoms with van der Waals surface area (Å²) in [5.41, 5.74) is 0. The van der Waals surface area contributed by atoms with Crippen LogP contribution in [-0.4, -0.2) is 30.4 Å². The van der Waals surface area contributed by atoms with Crippen molar-refractivity contribution in [2.45, 2.75) is 32.1 Å². The molecule has 2 rings (SSSR count). The summed E-state index contributed by atoms with van der Waals surface area (Å²) in [6, 6.07) is 0. The Bertz CT molecular complexity index is 163. The zero-order chi connectivity index (χ0) is 7.52. The van der Waals surface area contributed by atoms with Crippen LogP contribution in [-0.2, 0) is 0 Å². The topological polar surface area (TPSA) is 15.6 Å². The molecule has 0 aromatic rings. The van der Waals surface area contributed by atoms with Crippen molar-refractivity contribution >= 4 is 5.84 Å². The molecule has 0 aliphatic carbocycles. The minimum atomic E-state index is 1.08. The Labute approximate surface area is 68.3 Å². The van der Waals surface area contributed by atoms with Crippen LogP contribution >= 0.6 is 0 Å². The first-order valence-corrected chi connectivity index (χ1v) is 4.75. The lowest BCUT2D eigenvalue weighted by Gasteiger charge is -2.28. The Balaban J connectivity index is 2.06. The fourth-order valence-electron chi connectivity index (χ4n) is 1.92. The van der Waals surface area contributed by atoms with Gasteiger partial charge in [0.25, 0.3) is 0 Å². The summed E-state index contributed by atoms with van der Waals surface area (Å²) in [4.78, 5) is 7.07. The summed E-state index contributed by atoms with van der Waals surface area (Å²) in [6.45, 7) is 3.60. The summed E-state index contributed by atoms with van der Waals surface area (Å²) in [7, 11) is 0. The molecule has 0 atom stereocenters. The van der Waals surface area contributed by atoms with Gasteiger partial charge in [-0.05, 0) is 25.7 Å². The fraction of sp³-hybridized carbons (Fsp3) is 0.889. The van der Waals surface area contributed by atoms with Crippen molar-refractivity contribution in [3.05, 3.63) is 0 Å². The van der Waals surface area contributed by atoms with Crippen LogP contribution in [0.4, 0.5) is 0 Å². The molecule has 1 fully saturated rings. The van der Waals surface area contributed by atoms with Crippen molar-refractivity contribution in [2.75, 3.05) is 19.6 Å². The maximum atomic E-state index is 4.59. The van der Waals surface area contributed by atoms with Gasteiger partial charge < -0.3 is 4.90 Å². The predicted molar refractivity (Wildman–Crippen MR) is 47.0 cm³/mol. The van der Waals surface area contributed by atoms with E-state index in [0.717, 1.165) is 6.54 Å². The summed E-state index contributed by atoms with van der Waals surface area (Å²) in [6.07, 6.45) is 6.60. The van der Waals surface area contributed by atoms with Gasteiger partial charge in [0.1, 0.15) is 0 Å². The van der Waals surface area contributed by atoms with Gasteiger partial charge in [0.15, 0.2) is 0 Å². The Kier molecular flexibility index (Phi) is 2.11. The van der Waals surface area contributed by atoms with Crippen molar-refractivity contribution in [1.29, 1.82) is 0 Å². The quantitative estimate of drug-likeness (QED) is 0.515. The summed E-state index contributed by atoms with van der Waals surface area (Å²) in [5, 5.41) is 0. The van der Waals surface area contributed by atoms with E-state index in [9.17, 15) is 0 Å². The van der Waals surface area contributed by atoms with Crippen molar-refractivity contribution in [3.63, 3.8) is 0 Å². The standard InChI is InChI=1S/C9H16N2/c1-3-7-11-8-4-2-6-10-9(11)5-1/h1-8H2. The molecule has 2 heterocycles. The van der Waals surface area contributed by atoms with E-state index in [-0.39, 0.29) is 0 Å². The molecule has 0 spiro atoms. The van der Waals surface area contributed by atoms with Crippen molar-refractivity contribution in [1.82, 2.24) is 4.90 Å². The normalized spacial score (nSPS) is 25.5. The largest absolute Gasteiger partial charge is 0.360 e. The summed E-state index contributed by atoms with van der Waals surface area (Å²) < 4.78 is 0. The average Bonchev–Trinajstić information content (AvgIpc) is 2.28. The van der Waals surface area contributed by atoms with Crippen molar-refractivity contribution in [3.8, 4) is 0 Å². The first-order chi connectivity index (χ1) is 5.47. The molecule has 0 bridgehead atoms. The van der Waals surface area contributed by atoms with Gasteiger partial charge in [0.2, 0.25) is 0 Å². The number of nitrogens with zero attached hydrogens (tertiary/aromatic N) is 2. The van der Waals surface area contributed by atoms with E-state index in [4.69, 9.17) is 0 Å². The van der Waals surface area contributed by atoms with Crippen LogP contribution in [0.15, 0.2) is 4.99 Å². The third-order valence-electron chi connectivity index (χ3n) is 2.57. The molecule has 0 radical (unpaired) electrons. The first-order valence-electron chi connectivity index (χ1n) is 4.75. The molecule has 1 saturated heterocycles. The van der Waals surface area contributed by atoms with E-state index in [2.05, 4.69) is 9.89 Å². The monoisotopic (exact) mass is 152 g/mol. The molecule has 0 aromatic carbocycles. The minimum absolute atomic E-state index is 1.08. The summed E-state index contributed by atoms with van der Waals surface area (Å²) >= 11 is 0. The average molecular weight is 152 g/mol. The molecule has 0 unspecified atom stereocenters. The molecule has 0 N–H and O–H groups in total. The van der Waals surface area contributed by atoms with Crippen molar-refractivity contribution in [2.24, 2.45) is 4.99 Å². The predicted octanol–water partition coefficient (Wildman–Crippen LogP) is 1.66. The number of piperidine rings is 1. The molecule has 0 aromatic heterocycles. The Morgan fingerprint density at radius 2 is 1.82 bits per heavy atom. The molecule has 2 nitrogen and oxygen atoms in total. The highest BCUT2D eigenvalue weighted by Gasteiger charge is 2.16. The molecule has 2 aliphatic heterocycles. The molecular formula is C9H16N2. The van der Waals surface area contributed by atoms with Crippen LogP contribution in [0.2, 0.25) is 0 Å². The third-order valence-corrected chi connectivity index (χ3v) is 2.57. The number of fused-ring (bicyclic) bond motifs is 1. The Morgan fingerprint density at radius 3 is 2.73 bits per heavy atom. The van der Waals surface area contributed by atoms with Gasteiger partial charge in [-0.15, -0.1) is 0 Å². The number of hydrogen-bond acceptors (Lipinski definition) is 2. The second-order valence-electron chi connectivity index (χ2n) is 3.45. The van der Waals surface area contributed by atoms with Crippen LogP contribution < -0.4 is 0 Å². The lowest BCUT2D eigenvalue weighted by molar-refractivity contribution is 0.370. The zero-order valence-corrected chi connectivity index (χ0v) is 7.05. The molecule has 0 saturated carbocycles. The van der Waals surface area contributed by atoms with Crippen LogP contribution in [0, 0.1) is 0 Å². The highest BCUT2D eigenvalue weighted by atomic mass is 15.2. The van der Waals surface area contributed by atoms with E-state index in [0.29, 0.717) is 0 Å². The van der Waals surface area contributed by atoms with Gasteiger partial charge in [-0.2, -0.15) is 0 Å². The zero-order valence-electron chi connectivity index (χ0n) is 7.05. The van der Waals surface area contributed by atoms with E-state index in [1.807, 2.05) is 0 Å². The second kappa shape index (κ2) is 3.24. The molecule has 11 heavy (non-hydrogen) atoms. The van der Waals surface area contributed by atoms with E-state index in [1.54, 1.807) is 0 Å². The number of aliphatic imine (C=N–C) groups is 1. The lowest BCUT2D eigenvalue weighted by Crippen LogP contribution is -2.35. The third kappa shape index (κ3) is 1.55. The first kappa shape index (κ1) is 7.14. The lowest BCUT2D eigenvalue weighted by atomic mass is 10.1. The highest BCUT2D eigenvalue weighted by Crippen LogP contribution is 2.15. The maximum Gasteiger partial charge on any atom is 0.0988 e. The molecule has 62 valence electrons. The number of amidine groups is 1. The van der Waals surface area contributed by atoms with Gasteiger partial charge >= 0.3 is 0 Å². The van der Waals surface area contributed by atoms with Crippen LogP contribution in [0.1, 0.15) is 32.1 Å². The summed E-state index contributed by atoms with van der Waals surface area (Å²) in [5.74, 6) is 1.40. The van der Waals surface area contributed by atoms with Gasteiger partial charge in [-0.25, -0.2) is 0 Å². The van der Waals surface area contributed by atoms with Gasteiger partial charge in [-0.1, -0.05) is 0 Å². The molecule has 2 aliphatic rings. The van der Waals surface area contributed by atoms with Crippen molar-refractivity contribution < 1.29 is 0 Å². The van der Waals surface area contributed by atoms with Crippen LogP contribution in [0.25, 0.3) is 0 Å². The van der Waals surface area contributed by atoms with Gasteiger partial charge in [0, 0.05) is 26.1 Å². The van der Waals surface area contributed by atoms with E-state index >= 15 is 0 Å². The number of rotatable bonds is 0. The number of hydrogen-bond donors (Lipinski definition) is 0. The van der Waals surface area contributed by atoms with Crippen LogP contribution in [0.5, 0.6) is 0 Å². The van der Waals surface area contributed by atoms with E-state index < -0.39 is 0 Å². The smallest absolute Gasteiger partial charge is 0.0988 e. The Hall–Kier alpha value is -0.530. The van der Waals surface area contributed by atoms with Gasteiger partial charge in [0.05, 0.1) is 5.84 Å². The SMILES string of the molecule is C1CCN2CCCCC2=NC1. The molecule has 0 amide bonds. The fourth-order valence-corrected chi connectivity index (χ4v) is 1.92. The highest BCUT2D eigenvalue weighted by molar-refractivity contribution is 5.83. The van der Waals surface area contributed by atoms with Crippen LogP contribution in [0.3, 0.4) is 0 Å². The second-order valence-corrected chi connectivity index (χ2v) is 3.45. The maximum absolute atomic E-state index is 4.59.